The Balaban J connectivity index is 1.90. The first-order valence-corrected chi connectivity index (χ1v) is 6.87. The zero-order chi connectivity index (χ0) is 13.7. The first kappa shape index (κ1) is 13.8. The van der Waals surface area contributed by atoms with Gasteiger partial charge < -0.3 is 16.4 Å². The van der Waals surface area contributed by atoms with E-state index >= 15 is 0 Å². The third-order valence-corrected chi connectivity index (χ3v) is 3.83. The summed E-state index contributed by atoms with van der Waals surface area (Å²) in [4.78, 5) is 16.3. The number of pyridine rings is 1. The average molecular weight is 262 g/mol. The highest BCUT2D eigenvalue weighted by Gasteiger charge is 2.25. The molecule has 5 nitrogen and oxygen atoms in total. The van der Waals surface area contributed by atoms with Crippen LogP contribution in [0.5, 0.6) is 0 Å². The molecule has 5 heteroatoms. The van der Waals surface area contributed by atoms with Gasteiger partial charge in [-0.25, -0.2) is 4.98 Å². The Hall–Kier alpha value is -1.62. The number of amides is 1. The molecule has 1 aromatic rings. The van der Waals surface area contributed by atoms with Gasteiger partial charge in [0.25, 0.3) is 0 Å². The van der Waals surface area contributed by atoms with Gasteiger partial charge in [-0.3, -0.25) is 4.79 Å². The number of aromatic nitrogens is 1. The van der Waals surface area contributed by atoms with Crippen LogP contribution in [0.1, 0.15) is 25.7 Å². The number of hydrogen-bond acceptors (Lipinski definition) is 4. The maximum Gasteiger partial charge on any atom is 0.227 e. The van der Waals surface area contributed by atoms with E-state index in [-0.39, 0.29) is 11.8 Å². The number of nitrogens with two attached hydrogens (primary N) is 1. The smallest absolute Gasteiger partial charge is 0.227 e. The van der Waals surface area contributed by atoms with Crippen LogP contribution in [0.3, 0.4) is 0 Å². The molecule has 0 bridgehead atoms. The second-order valence-electron chi connectivity index (χ2n) is 5.12. The molecular formula is C14H22N4O. The number of anilines is 2. The van der Waals surface area contributed by atoms with Crippen molar-refractivity contribution in [2.75, 3.05) is 24.2 Å². The van der Waals surface area contributed by atoms with Crippen molar-refractivity contribution in [3.05, 3.63) is 18.3 Å². The Kier molecular flexibility index (Phi) is 4.74. The van der Waals surface area contributed by atoms with Crippen molar-refractivity contribution < 1.29 is 4.79 Å². The van der Waals surface area contributed by atoms with E-state index in [1.807, 2.05) is 19.2 Å². The molecule has 0 aromatic carbocycles. The van der Waals surface area contributed by atoms with Crippen LogP contribution in [0.15, 0.2) is 18.3 Å². The van der Waals surface area contributed by atoms with E-state index in [4.69, 9.17) is 5.73 Å². The molecule has 104 valence electrons. The zero-order valence-electron chi connectivity index (χ0n) is 11.4. The summed E-state index contributed by atoms with van der Waals surface area (Å²) in [6, 6.07) is 3.65. The van der Waals surface area contributed by atoms with E-state index in [1.165, 1.54) is 0 Å². The minimum Gasteiger partial charge on any atom is -0.373 e. The first-order chi connectivity index (χ1) is 9.22. The van der Waals surface area contributed by atoms with E-state index in [0.29, 0.717) is 5.92 Å². The number of hydrogen-bond donors (Lipinski definition) is 3. The molecule has 2 rings (SSSR count). The molecule has 1 saturated carbocycles. The fourth-order valence-corrected chi connectivity index (χ4v) is 2.55. The van der Waals surface area contributed by atoms with Crippen molar-refractivity contribution in [2.45, 2.75) is 25.7 Å². The minimum absolute atomic E-state index is 0.115. The van der Waals surface area contributed by atoms with E-state index in [2.05, 4.69) is 15.6 Å². The van der Waals surface area contributed by atoms with Gasteiger partial charge in [0.05, 0.1) is 0 Å². The molecule has 1 aliphatic rings. The summed E-state index contributed by atoms with van der Waals surface area (Å²) in [5, 5.41) is 5.93. The topological polar surface area (TPSA) is 80.0 Å². The summed E-state index contributed by atoms with van der Waals surface area (Å²) in [6.45, 7) is 0.740. The molecule has 0 saturated heterocycles. The van der Waals surface area contributed by atoms with Crippen molar-refractivity contribution in [1.82, 2.24) is 4.98 Å². The van der Waals surface area contributed by atoms with Crippen LogP contribution in [0.2, 0.25) is 0 Å². The van der Waals surface area contributed by atoms with Crippen molar-refractivity contribution in [2.24, 2.45) is 17.6 Å². The molecule has 1 amide bonds. The molecule has 1 aromatic heterocycles. The molecule has 4 N–H and O–H groups in total. The first-order valence-electron chi connectivity index (χ1n) is 6.87. The van der Waals surface area contributed by atoms with Crippen molar-refractivity contribution in [3.63, 3.8) is 0 Å². The van der Waals surface area contributed by atoms with E-state index in [0.717, 1.165) is 43.7 Å². The van der Waals surface area contributed by atoms with Crippen LogP contribution in [-0.4, -0.2) is 24.5 Å². The van der Waals surface area contributed by atoms with Gasteiger partial charge in [-0.15, -0.1) is 0 Å². The van der Waals surface area contributed by atoms with Gasteiger partial charge in [0.1, 0.15) is 5.82 Å². The summed E-state index contributed by atoms with van der Waals surface area (Å²) in [5.41, 5.74) is 6.46. The summed E-state index contributed by atoms with van der Waals surface area (Å²) in [7, 11) is 1.81. The number of carbonyl (C=O) groups is 1. The fraction of sp³-hybridized carbons (Fsp3) is 0.571. The predicted octanol–water partition coefficient (Wildman–Crippen LogP) is 1.83. The molecule has 1 fully saturated rings. The number of carbonyl (C=O) groups excluding carboxylic acids is 1. The lowest BCUT2D eigenvalue weighted by atomic mass is 9.81. The van der Waals surface area contributed by atoms with Crippen LogP contribution in [0.4, 0.5) is 11.5 Å². The highest BCUT2D eigenvalue weighted by Crippen LogP contribution is 2.29. The van der Waals surface area contributed by atoms with Crippen LogP contribution >= 0.6 is 0 Å². The maximum absolute atomic E-state index is 12.2. The van der Waals surface area contributed by atoms with E-state index < -0.39 is 0 Å². The Morgan fingerprint density at radius 1 is 1.42 bits per heavy atom. The van der Waals surface area contributed by atoms with Crippen molar-refractivity contribution in [1.29, 1.82) is 0 Å². The van der Waals surface area contributed by atoms with Crippen LogP contribution in [0.25, 0.3) is 0 Å². The van der Waals surface area contributed by atoms with Gasteiger partial charge in [0.2, 0.25) is 5.91 Å². The summed E-state index contributed by atoms with van der Waals surface area (Å²) in [5.74, 6) is 1.59. The Morgan fingerprint density at radius 2 is 2.16 bits per heavy atom. The molecule has 0 radical (unpaired) electrons. The molecule has 19 heavy (non-hydrogen) atoms. The largest absolute Gasteiger partial charge is 0.373 e. The SMILES string of the molecule is CNc1cc(NC(=O)[C@H]2CC[C@H](CN)CC2)ccn1. The summed E-state index contributed by atoms with van der Waals surface area (Å²) >= 11 is 0. The summed E-state index contributed by atoms with van der Waals surface area (Å²) < 4.78 is 0. The average Bonchev–Trinajstić information content (AvgIpc) is 2.47. The quantitative estimate of drug-likeness (QED) is 0.773. The Bertz CT molecular complexity index is 427. The third-order valence-electron chi connectivity index (χ3n) is 3.83. The summed E-state index contributed by atoms with van der Waals surface area (Å²) in [6.07, 6.45) is 5.70. The van der Waals surface area contributed by atoms with E-state index in [1.54, 1.807) is 6.20 Å². The molecule has 1 aliphatic carbocycles. The zero-order valence-corrected chi connectivity index (χ0v) is 11.4. The third kappa shape index (κ3) is 3.67. The molecule has 1 heterocycles. The minimum atomic E-state index is 0.115. The standard InChI is InChI=1S/C14H22N4O/c1-16-13-8-12(6-7-17-13)18-14(19)11-4-2-10(9-15)3-5-11/h6-8,10-11H,2-5,9,15H2,1H3,(H2,16,17,18,19)/t10-,11-. The molecule has 0 spiro atoms. The van der Waals surface area contributed by atoms with Gasteiger partial charge in [0, 0.05) is 30.9 Å². The van der Waals surface area contributed by atoms with Gasteiger partial charge in [-0.2, -0.15) is 0 Å². The van der Waals surface area contributed by atoms with E-state index in [9.17, 15) is 4.79 Å². The Morgan fingerprint density at radius 3 is 2.79 bits per heavy atom. The van der Waals surface area contributed by atoms with Crippen molar-refractivity contribution in [3.8, 4) is 0 Å². The molecule has 0 unspecified atom stereocenters. The number of nitrogens with zero attached hydrogens (tertiary/aromatic N) is 1. The fourth-order valence-electron chi connectivity index (χ4n) is 2.55. The normalized spacial score (nSPS) is 22.8. The van der Waals surface area contributed by atoms with Crippen molar-refractivity contribution >= 4 is 17.4 Å². The Labute approximate surface area is 114 Å². The number of rotatable bonds is 4. The van der Waals surface area contributed by atoms with Gasteiger partial charge in [-0.1, -0.05) is 0 Å². The highest BCUT2D eigenvalue weighted by molar-refractivity contribution is 5.92. The number of nitrogens with one attached hydrogen (secondary N) is 2. The van der Waals surface area contributed by atoms with Gasteiger partial charge in [0.15, 0.2) is 0 Å². The monoisotopic (exact) mass is 262 g/mol. The van der Waals surface area contributed by atoms with Crippen LogP contribution in [-0.2, 0) is 4.79 Å². The lowest BCUT2D eigenvalue weighted by Crippen LogP contribution is -2.29. The molecule has 0 aliphatic heterocycles. The van der Waals surface area contributed by atoms with Gasteiger partial charge >= 0.3 is 0 Å². The van der Waals surface area contributed by atoms with Crippen LogP contribution < -0.4 is 16.4 Å². The predicted molar refractivity (Wildman–Crippen MR) is 76.9 cm³/mol. The maximum atomic E-state index is 12.2. The molecule has 0 atom stereocenters. The highest BCUT2D eigenvalue weighted by atomic mass is 16.1. The van der Waals surface area contributed by atoms with Crippen LogP contribution in [0, 0.1) is 11.8 Å². The van der Waals surface area contributed by atoms with Gasteiger partial charge in [-0.05, 0) is 44.2 Å². The lowest BCUT2D eigenvalue weighted by molar-refractivity contribution is -0.121. The second kappa shape index (κ2) is 6.52. The second-order valence-corrected chi connectivity index (χ2v) is 5.12. The molecular weight excluding hydrogens is 240 g/mol. The lowest BCUT2D eigenvalue weighted by Gasteiger charge is -2.26.